The molecule has 3 rings (SSSR count). The van der Waals surface area contributed by atoms with Gasteiger partial charge in [-0.05, 0) is 54.4 Å². The zero-order valence-electron chi connectivity index (χ0n) is 12.4. The molecule has 2 aliphatic rings. The number of hydrogen-bond acceptors (Lipinski definition) is 2. The fourth-order valence-electron chi connectivity index (χ4n) is 3.57. The molecule has 1 amide bonds. The van der Waals surface area contributed by atoms with Crippen molar-refractivity contribution in [1.82, 2.24) is 10.6 Å². The lowest BCUT2D eigenvalue weighted by molar-refractivity contribution is 0.0899. The van der Waals surface area contributed by atoms with Crippen molar-refractivity contribution in [2.45, 2.75) is 52.2 Å². The lowest BCUT2D eigenvalue weighted by Crippen LogP contribution is -2.42. The van der Waals surface area contributed by atoms with Crippen LogP contribution in [0.5, 0.6) is 0 Å². The summed E-state index contributed by atoms with van der Waals surface area (Å²) in [5.41, 5.74) is 3.39. The molecule has 1 aliphatic carbocycles. The summed E-state index contributed by atoms with van der Waals surface area (Å²) in [7, 11) is 0. The van der Waals surface area contributed by atoms with E-state index in [1.807, 2.05) is 12.1 Å². The molecule has 20 heavy (non-hydrogen) atoms. The van der Waals surface area contributed by atoms with E-state index in [2.05, 4.69) is 30.5 Å². The molecule has 108 valence electrons. The lowest BCUT2D eigenvalue weighted by Gasteiger charge is -2.33. The normalized spacial score (nSPS) is 29.0. The standard InChI is InChI=1S/C17H24N2O/c1-11-3-6-16(12(2)7-11)19-17(20)13-4-5-14-9-18-10-15(14)8-13/h4-5,8,11-12,16,18H,3,6-7,9-10H2,1-2H3,(H,19,20). The van der Waals surface area contributed by atoms with Gasteiger partial charge in [0.15, 0.2) is 0 Å². The summed E-state index contributed by atoms with van der Waals surface area (Å²) < 4.78 is 0. The summed E-state index contributed by atoms with van der Waals surface area (Å²) in [4.78, 5) is 12.4. The number of carbonyl (C=O) groups excluding carboxylic acids is 1. The van der Waals surface area contributed by atoms with Gasteiger partial charge in [-0.25, -0.2) is 0 Å². The minimum Gasteiger partial charge on any atom is -0.349 e. The van der Waals surface area contributed by atoms with Crippen molar-refractivity contribution in [3.63, 3.8) is 0 Å². The predicted octanol–water partition coefficient (Wildman–Crippen LogP) is 2.84. The summed E-state index contributed by atoms with van der Waals surface area (Å²) in [5.74, 6) is 1.47. The van der Waals surface area contributed by atoms with E-state index < -0.39 is 0 Å². The molecule has 0 spiro atoms. The Morgan fingerprint density at radius 3 is 2.80 bits per heavy atom. The van der Waals surface area contributed by atoms with E-state index in [0.29, 0.717) is 12.0 Å². The Hall–Kier alpha value is -1.35. The largest absolute Gasteiger partial charge is 0.349 e. The summed E-state index contributed by atoms with van der Waals surface area (Å²) in [6, 6.07) is 6.42. The molecular weight excluding hydrogens is 248 g/mol. The van der Waals surface area contributed by atoms with E-state index in [4.69, 9.17) is 0 Å². The van der Waals surface area contributed by atoms with Crippen LogP contribution in [0.3, 0.4) is 0 Å². The van der Waals surface area contributed by atoms with Crippen LogP contribution in [0.1, 0.15) is 54.6 Å². The van der Waals surface area contributed by atoms with Gasteiger partial charge in [-0.1, -0.05) is 19.9 Å². The number of amides is 1. The SMILES string of the molecule is CC1CCC(NC(=O)c2ccc3c(c2)CNC3)C(C)C1. The van der Waals surface area contributed by atoms with Crippen molar-refractivity contribution in [1.29, 1.82) is 0 Å². The van der Waals surface area contributed by atoms with Crippen LogP contribution in [0.25, 0.3) is 0 Å². The van der Waals surface area contributed by atoms with Gasteiger partial charge in [-0.2, -0.15) is 0 Å². The Kier molecular flexibility index (Phi) is 3.79. The van der Waals surface area contributed by atoms with E-state index in [1.165, 1.54) is 24.0 Å². The molecule has 1 saturated carbocycles. The van der Waals surface area contributed by atoms with E-state index in [0.717, 1.165) is 31.0 Å². The molecule has 0 aromatic heterocycles. The lowest BCUT2D eigenvalue weighted by atomic mass is 9.80. The van der Waals surface area contributed by atoms with Crippen LogP contribution in [-0.4, -0.2) is 11.9 Å². The van der Waals surface area contributed by atoms with Crippen molar-refractivity contribution in [3.8, 4) is 0 Å². The van der Waals surface area contributed by atoms with Gasteiger partial charge in [0.1, 0.15) is 0 Å². The van der Waals surface area contributed by atoms with Crippen LogP contribution < -0.4 is 10.6 Å². The van der Waals surface area contributed by atoms with Gasteiger partial charge in [-0.3, -0.25) is 4.79 Å². The highest BCUT2D eigenvalue weighted by atomic mass is 16.1. The highest BCUT2D eigenvalue weighted by Gasteiger charge is 2.27. The summed E-state index contributed by atoms with van der Waals surface area (Å²) in [6.07, 6.45) is 3.56. The summed E-state index contributed by atoms with van der Waals surface area (Å²) in [6.45, 7) is 6.37. The molecule has 1 aliphatic heterocycles. The first-order valence-electron chi connectivity index (χ1n) is 7.77. The number of carbonyl (C=O) groups is 1. The van der Waals surface area contributed by atoms with Gasteiger partial charge in [0.2, 0.25) is 0 Å². The van der Waals surface area contributed by atoms with Crippen LogP contribution in [-0.2, 0) is 13.1 Å². The molecule has 1 fully saturated rings. The number of nitrogens with one attached hydrogen (secondary N) is 2. The number of fused-ring (bicyclic) bond motifs is 1. The van der Waals surface area contributed by atoms with Crippen molar-refractivity contribution in [3.05, 3.63) is 34.9 Å². The van der Waals surface area contributed by atoms with Gasteiger partial charge in [-0.15, -0.1) is 0 Å². The van der Waals surface area contributed by atoms with Crippen molar-refractivity contribution < 1.29 is 4.79 Å². The minimum absolute atomic E-state index is 0.0890. The highest BCUT2D eigenvalue weighted by Crippen LogP contribution is 2.29. The van der Waals surface area contributed by atoms with Gasteiger partial charge in [0.05, 0.1) is 0 Å². The van der Waals surface area contributed by atoms with Gasteiger partial charge in [0, 0.05) is 24.7 Å². The molecule has 1 aromatic rings. The first kappa shape index (κ1) is 13.6. The third kappa shape index (κ3) is 2.73. The summed E-state index contributed by atoms with van der Waals surface area (Å²) in [5, 5.41) is 6.55. The van der Waals surface area contributed by atoms with Gasteiger partial charge < -0.3 is 10.6 Å². The molecular formula is C17H24N2O. The molecule has 0 radical (unpaired) electrons. The van der Waals surface area contributed by atoms with Gasteiger partial charge in [0.25, 0.3) is 5.91 Å². The zero-order chi connectivity index (χ0) is 14.1. The second-order valence-corrected chi connectivity index (χ2v) is 6.56. The second-order valence-electron chi connectivity index (χ2n) is 6.56. The molecule has 3 unspecified atom stereocenters. The fraction of sp³-hybridized carbons (Fsp3) is 0.588. The smallest absolute Gasteiger partial charge is 0.251 e. The minimum atomic E-state index is 0.0890. The Morgan fingerprint density at radius 2 is 2.00 bits per heavy atom. The zero-order valence-corrected chi connectivity index (χ0v) is 12.4. The van der Waals surface area contributed by atoms with Gasteiger partial charge >= 0.3 is 0 Å². The van der Waals surface area contributed by atoms with Crippen molar-refractivity contribution in [2.24, 2.45) is 11.8 Å². The van der Waals surface area contributed by atoms with E-state index >= 15 is 0 Å². The number of benzene rings is 1. The van der Waals surface area contributed by atoms with Crippen molar-refractivity contribution >= 4 is 5.91 Å². The Balaban J connectivity index is 1.67. The molecule has 1 heterocycles. The monoisotopic (exact) mass is 272 g/mol. The molecule has 0 bridgehead atoms. The maximum absolute atomic E-state index is 12.4. The first-order chi connectivity index (χ1) is 9.63. The van der Waals surface area contributed by atoms with Crippen LogP contribution >= 0.6 is 0 Å². The molecule has 3 heteroatoms. The predicted molar refractivity (Wildman–Crippen MR) is 80.4 cm³/mol. The van der Waals surface area contributed by atoms with Crippen LogP contribution in [0.4, 0.5) is 0 Å². The quantitative estimate of drug-likeness (QED) is 0.869. The van der Waals surface area contributed by atoms with Crippen molar-refractivity contribution in [2.75, 3.05) is 0 Å². The molecule has 2 N–H and O–H groups in total. The van der Waals surface area contributed by atoms with E-state index in [9.17, 15) is 4.79 Å². The molecule has 3 atom stereocenters. The highest BCUT2D eigenvalue weighted by molar-refractivity contribution is 5.94. The maximum Gasteiger partial charge on any atom is 0.251 e. The third-order valence-corrected chi connectivity index (χ3v) is 4.85. The third-order valence-electron chi connectivity index (χ3n) is 4.85. The Morgan fingerprint density at radius 1 is 1.20 bits per heavy atom. The van der Waals surface area contributed by atoms with E-state index in [-0.39, 0.29) is 5.91 Å². The second kappa shape index (κ2) is 5.57. The number of rotatable bonds is 2. The Labute approximate surface area is 121 Å². The average Bonchev–Trinajstić information content (AvgIpc) is 2.89. The summed E-state index contributed by atoms with van der Waals surface area (Å²) >= 11 is 0. The van der Waals surface area contributed by atoms with Crippen LogP contribution in [0.2, 0.25) is 0 Å². The number of hydrogen-bond donors (Lipinski definition) is 2. The molecule has 0 saturated heterocycles. The van der Waals surface area contributed by atoms with E-state index in [1.54, 1.807) is 0 Å². The molecule has 1 aromatic carbocycles. The first-order valence-corrected chi connectivity index (χ1v) is 7.77. The topological polar surface area (TPSA) is 41.1 Å². The average molecular weight is 272 g/mol. The van der Waals surface area contributed by atoms with Crippen LogP contribution in [0, 0.1) is 11.8 Å². The van der Waals surface area contributed by atoms with Crippen LogP contribution in [0.15, 0.2) is 18.2 Å². The fourth-order valence-corrected chi connectivity index (χ4v) is 3.57. The Bertz CT molecular complexity index is 512. The maximum atomic E-state index is 12.4. The molecule has 3 nitrogen and oxygen atoms in total.